The molecule has 1 amide bonds. The first kappa shape index (κ1) is 16.5. The molecule has 0 aliphatic carbocycles. The minimum Gasteiger partial charge on any atom is -0.480 e. The molecule has 0 bridgehead atoms. The first-order valence-electron chi connectivity index (χ1n) is 7.84. The summed E-state index contributed by atoms with van der Waals surface area (Å²) in [5, 5.41) is 2.96. The van der Waals surface area contributed by atoms with Gasteiger partial charge in [0.15, 0.2) is 0 Å². The summed E-state index contributed by atoms with van der Waals surface area (Å²) in [5.74, 6) is 0.0772. The SMILES string of the molecule is CCCCN1CCCC1CNC(=O)c1cnc(N)nc1OC. The summed E-state index contributed by atoms with van der Waals surface area (Å²) in [5.41, 5.74) is 5.82. The number of hydrogen-bond acceptors (Lipinski definition) is 6. The smallest absolute Gasteiger partial charge is 0.258 e. The fourth-order valence-corrected chi connectivity index (χ4v) is 2.78. The normalized spacial score (nSPS) is 18.4. The quantitative estimate of drug-likeness (QED) is 0.782. The summed E-state index contributed by atoms with van der Waals surface area (Å²) in [4.78, 5) is 22.5. The van der Waals surface area contributed by atoms with E-state index in [0.29, 0.717) is 18.2 Å². The van der Waals surface area contributed by atoms with Gasteiger partial charge in [0.2, 0.25) is 11.8 Å². The van der Waals surface area contributed by atoms with Gasteiger partial charge in [-0.05, 0) is 32.4 Å². The van der Waals surface area contributed by atoms with E-state index in [4.69, 9.17) is 10.5 Å². The summed E-state index contributed by atoms with van der Waals surface area (Å²) in [7, 11) is 1.46. The second-order valence-corrected chi connectivity index (χ2v) is 5.55. The molecule has 22 heavy (non-hydrogen) atoms. The van der Waals surface area contributed by atoms with Crippen LogP contribution >= 0.6 is 0 Å². The highest BCUT2D eigenvalue weighted by atomic mass is 16.5. The van der Waals surface area contributed by atoms with Gasteiger partial charge in [-0.15, -0.1) is 0 Å². The molecule has 1 fully saturated rings. The molecule has 2 heterocycles. The number of amides is 1. The molecular weight excluding hydrogens is 282 g/mol. The molecule has 1 aromatic heterocycles. The predicted molar refractivity (Wildman–Crippen MR) is 84.8 cm³/mol. The zero-order chi connectivity index (χ0) is 15.9. The van der Waals surface area contributed by atoms with Crippen molar-refractivity contribution in [2.75, 3.05) is 32.5 Å². The Hall–Kier alpha value is -1.89. The number of hydrogen-bond donors (Lipinski definition) is 2. The number of unbranched alkanes of at least 4 members (excludes halogenated alkanes) is 1. The van der Waals surface area contributed by atoms with Crippen molar-refractivity contribution >= 4 is 11.9 Å². The van der Waals surface area contributed by atoms with Crippen molar-refractivity contribution < 1.29 is 9.53 Å². The van der Waals surface area contributed by atoms with Crippen LogP contribution in [0.4, 0.5) is 5.95 Å². The first-order chi connectivity index (χ1) is 10.7. The Balaban J connectivity index is 1.92. The number of likely N-dealkylation sites (tertiary alicyclic amines) is 1. The number of rotatable bonds is 7. The molecule has 0 spiro atoms. The molecule has 1 aliphatic rings. The van der Waals surface area contributed by atoms with Crippen LogP contribution in [0, 0.1) is 0 Å². The molecule has 0 radical (unpaired) electrons. The second-order valence-electron chi connectivity index (χ2n) is 5.55. The first-order valence-corrected chi connectivity index (χ1v) is 7.84. The Kier molecular flexibility index (Phi) is 5.94. The zero-order valence-electron chi connectivity index (χ0n) is 13.3. The lowest BCUT2D eigenvalue weighted by atomic mass is 10.2. The molecule has 1 aromatic rings. The molecule has 7 heteroatoms. The van der Waals surface area contributed by atoms with Gasteiger partial charge >= 0.3 is 0 Å². The molecule has 122 valence electrons. The Morgan fingerprint density at radius 3 is 3.14 bits per heavy atom. The van der Waals surface area contributed by atoms with Crippen LogP contribution in [0.25, 0.3) is 0 Å². The molecule has 1 atom stereocenters. The van der Waals surface area contributed by atoms with Crippen molar-refractivity contribution in [1.82, 2.24) is 20.2 Å². The van der Waals surface area contributed by atoms with Crippen molar-refractivity contribution in [2.24, 2.45) is 0 Å². The minimum absolute atomic E-state index is 0.0925. The number of aromatic nitrogens is 2. The van der Waals surface area contributed by atoms with Crippen LogP contribution in [-0.4, -0.2) is 53.6 Å². The number of nitrogens with one attached hydrogen (secondary N) is 1. The van der Waals surface area contributed by atoms with Crippen molar-refractivity contribution in [1.29, 1.82) is 0 Å². The molecule has 2 rings (SSSR count). The highest BCUT2D eigenvalue weighted by Crippen LogP contribution is 2.18. The third kappa shape index (κ3) is 4.07. The summed E-state index contributed by atoms with van der Waals surface area (Å²) in [6.07, 6.45) is 6.11. The fourth-order valence-electron chi connectivity index (χ4n) is 2.78. The minimum atomic E-state index is -0.223. The predicted octanol–water partition coefficient (Wildman–Crippen LogP) is 1.06. The van der Waals surface area contributed by atoms with Crippen LogP contribution in [0.5, 0.6) is 5.88 Å². The molecule has 0 aromatic carbocycles. The van der Waals surface area contributed by atoms with E-state index in [0.717, 1.165) is 19.5 Å². The molecule has 1 unspecified atom stereocenters. The van der Waals surface area contributed by atoms with Gasteiger partial charge in [0.05, 0.1) is 7.11 Å². The highest BCUT2D eigenvalue weighted by molar-refractivity contribution is 5.96. The van der Waals surface area contributed by atoms with E-state index in [1.807, 2.05) is 0 Å². The Labute approximate surface area is 131 Å². The van der Waals surface area contributed by atoms with Crippen LogP contribution < -0.4 is 15.8 Å². The molecule has 7 nitrogen and oxygen atoms in total. The third-order valence-electron chi connectivity index (χ3n) is 4.01. The number of nitrogen functional groups attached to an aromatic ring is 1. The largest absolute Gasteiger partial charge is 0.480 e. The van der Waals surface area contributed by atoms with E-state index in [1.54, 1.807) is 0 Å². The maximum absolute atomic E-state index is 12.3. The van der Waals surface area contributed by atoms with Gasteiger partial charge in [-0.3, -0.25) is 9.69 Å². The number of methoxy groups -OCH3 is 1. The highest BCUT2D eigenvalue weighted by Gasteiger charge is 2.25. The monoisotopic (exact) mass is 307 g/mol. The van der Waals surface area contributed by atoms with Crippen molar-refractivity contribution in [2.45, 2.75) is 38.6 Å². The lowest BCUT2D eigenvalue weighted by Crippen LogP contribution is -2.40. The van der Waals surface area contributed by atoms with Gasteiger partial charge in [0.1, 0.15) is 5.56 Å². The molecule has 1 saturated heterocycles. The topological polar surface area (TPSA) is 93.4 Å². The van der Waals surface area contributed by atoms with E-state index in [1.165, 1.54) is 32.6 Å². The zero-order valence-corrected chi connectivity index (χ0v) is 13.3. The summed E-state index contributed by atoms with van der Waals surface area (Å²) in [6, 6.07) is 0.413. The number of nitrogens with zero attached hydrogens (tertiary/aromatic N) is 3. The number of carbonyl (C=O) groups is 1. The van der Waals surface area contributed by atoms with E-state index in [-0.39, 0.29) is 17.7 Å². The molecular formula is C15H25N5O2. The lowest BCUT2D eigenvalue weighted by molar-refractivity contribution is 0.0936. The molecule has 1 aliphatic heterocycles. The van der Waals surface area contributed by atoms with Gasteiger partial charge in [0.25, 0.3) is 5.91 Å². The Bertz CT molecular complexity index is 509. The van der Waals surface area contributed by atoms with E-state index >= 15 is 0 Å². The van der Waals surface area contributed by atoms with Crippen molar-refractivity contribution in [3.8, 4) is 5.88 Å². The average molecular weight is 307 g/mol. The number of ether oxygens (including phenoxy) is 1. The van der Waals surface area contributed by atoms with Crippen LogP contribution in [0.3, 0.4) is 0 Å². The molecule has 0 saturated carbocycles. The third-order valence-corrected chi connectivity index (χ3v) is 4.01. The summed E-state index contributed by atoms with van der Waals surface area (Å²) >= 11 is 0. The summed E-state index contributed by atoms with van der Waals surface area (Å²) in [6.45, 7) is 5.05. The summed E-state index contributed by atoms with van der Waals surface area (Å²) < 4.78 is 5.09. The second kappa shape index (κ2) is 7.93. The van der Waals surface area contributed by atoms with E-state index in [9.17, 15) is 4.79 Å². The van der Waals surface area contributed by atoms with Crippen LogP contribution in [0.15, 0.2) is 6.20 Å². The van der Waals surface area contributed by atoms with Crippen LogP contribution in [0.1, 0.15) is 43.0 Å². The van der Waals surface area contributed by atoms with Crippen molar-refractivity contribution in [3.05, 3.63) is 11.8 Å². The van der Waals surface area contributed by atoms with Gasteiger partial charge in [-0.25, -0.2) is 4.98 Å². The fraction of sp³-hybridized carbons (Fsp3) is 0.667. The van der Waals surface area contributed by atoms with Crippen LogP contribution in [-0.2, 0) is 0 Å². The van der Waals surface area contributed by atoms with Gasteiger partial charge < -0.3 is 15.8 Å². The molecule has 3 N–H and O–H groups in total. The lowest BCUT2D eigenvalue weighted by Gasteiger charge is -2.24. The van der Waals surface area contributed by atoms with Crippen molar-refractivity contribution in [3.63, 3.8) is 0 Å². The maximum Gasteiger partial charge on any atom is 0.258 e. The standard InChI is InChI=1S/C15H25N5O2/c1-3-4-7-20-8-5-6-11(20)9-17-13(21)12-10-18-15(16)19-14(12)22-2/h10-11H,3-9H2,1-2H3,(H,17,21)(H2,16,18,19). The van der Waals surface area contributed by atoms with Gasteiger partial charge in [-0.2, -0.15) is 4.98 Å². The Morgan fingerprint density at radius 1 is 1.59 bits per heavy atom. The average Bonchev–Trinajstić information content (AvgIpc) is 2.97. The Morgan fingerprint density at radius 2 is 2.41 bits per heavy atom. The van der Waals surface area contributed by atoms with E-state index < -0.39 is 0 Å². The van der Waals surface area contributed by atoms with Crippen LogP contribution in [0.2, 0.25) is 0 Å². The van der Waals surface area contributed by atoms with Gasteiger partial charge in [0, 0.05) is 18.8 Å². The maximum atomic E-state index is 12.3. The van der Waals surface area contributed by atoms with E-state index in [2.05, 4.69) is 27.1 Å². The van der Waals surface area contributed by atoms with Gasteiger partial charge in [-0.1, -0.05) is 13.3 Å². The number of nitrogens with two attached hydrogens (primary N) is 1. The number of carbonyl (C=O) groups excluding carboxylic acids is 1. The number of anilines is 1.